The average molecular weight is 304 g/mol. The molecule has 0 bridgehead atoms. The summed E-state index contributed by atoms with van der Waals surface area (Å²) in [5, 5.41) is 3.23. The van der Waals surface area contributed by atoms with Gasteiger partial charge in [-0.25, -0.2) is 9.97 Å². The number of piperidine rings is 1. The van der Waals surface area contributed by atoms with Crippen LogP contribution >= 0.6 is 0 Å². The minimum atomic E-state index is 0.0318. The lowest BCUT2D eigenvalue weighted by Gasteiger charge is -2.30. The monoisotopic (exact) mass is 304 g/mol. The Balaban J connectivity index is 2.03. The zero-order valence-corrected chi connectivity index (χ0v) is 14.2. The molecule has 5 heteroatoms. The maximum atomic E-state index is 12.6. The molecule has 0 aromatic carbocycles. The summed E-state index contributed by atoms with van der Waals surface area (Å²) in [4.78, 5) is 23.3. The number of carbonyl (C=O) groups is 1. The van der Waals surface area contributed by atoms with E-state index in [0.717, 1.165) is 44.6 Å². The summed E-state index contributed by atoms with van der Waals surface area (Å²) >= 11 is 0. The molecule has 1 N–H and O–H groups in total. The molecule has 0 atom stereocenters. The van der Waals surface area contributed by atoms with Crippen LogP contribution in [0.2, 0.25) is 0 Å². The summed E-state index contributed by atoms with van der Waals surface area (Å²) in [6.07, 6.45) is 3.22. The summed E-state index contributed by atoms with van der Waals surface area (Å²) in [6.45, 7) is 11.0. The molecule has 1 aliphatic heterocycles. The van der Waals surface area contributed by atoms with Gasteiger partial charge < -0.3 is 10.2 Å². The van der Waals surface area contributed by atoms with E-state index in [4.69, 9.17) is 0 Å². The molecule has 0 aliphatic carbocycles. The van der Waals surface area contributed by atoms with Crippen molar-refractivity contribution in [2.75, 3.05) is 25.0 Å². The van der Waals surface area contributed by atoms with Crippen molar-refractivity contribution < 1.29 is 4.79 Å². The minimum absolute atomic E-state index is 0.0318. The third-order valence-corrected chi connectivity index (χ3v) is 4.15. The van der Waals surface area contributed by atoms with E-state index in [2.05, 4.69) is 36.1 Å². The molecule has 0 radical (unpaired) electrons. The van der Waals surface area contributed by atoms with Crippen LogP contribution in [0.4, 0.5) is 5.95 Å². The Hall–Kier alpha value is -1.65. The number of nitrogens with one attached hydrogen (secondary N) is 1. The van der Waals surface area contributed by atoms with Gasteiger partial charge in [-0.1, -0.05) is 20.8 Å². The van der Waals surface area contributed by atoms with Crippen molar-refractivity contribution >= 4 is 11.9 Å². The van der Waals surface area contributed by atoms with Crippen molar-refractivity contribution in [3.8, 4) is 0 Å². The van der Waals surface area contributed by atoms with Gasteiger partial charge in [-0.3, -0.25) is 4.79 Å². The molecule has 2 rings (SSSR count). The molecule has 1 aromatic heterocycles. The van der Waals surface area contributed by atoms with Crippen LogP contribution in [0.1, 0.15) is 56.2 Å². The SMILES string of the molecule is Cc1cc(C(=O)N2CCC(C)CC2)nc(NCCC(C)C)n1. The molecule has 0 spiro atoms. The van der Waals surface area contributed by atoms with Gasteiger partial charge in [0.05, 0.1) is 0 Å². The molecule has 0 saturated carbocycles. The van der Waals surface area contributed by atoms with Crippen LogP contribution in [0, 0.1) is 18.8 Å². The standard InChI is InChI=1S/C17H28N4O/c1-12(2)5-8-18-17-19-14(4)11-15(20-17)16(22)21-9-6-13(3)7-10-21/h11-13H,5-10H2,1-4H3,(H,18,19,20). The first kappa shape index (κ1) is 16.7. The smallest absolute Gasteiger partial charge is 0.272 e. The Morgan fingerprint density at radius 3 is 2.68 bits per heavy atom. The fraction of sp³-hybridized carbons (Fsp3) is 0.706. The van der Waals surface area contributed by atoms with Crippen LogP contribution in [0.5, 0.6) is 0 Å². The second-order valence-corrected chi connectivity index (χ2v) is 6.80. The lowest BCUT2D eigenvalue weighted by atomic mass is 9.99. The number of amides is 1. The van der Waals surface area contributed by atoms with Crippen molar-refractivity contribution in [1.82, 2.24) is 14.9 Å². The molecule has 5 nitrogen and oxygen atoms in total. The van der Waals surface area contributed by atoms with Crippen molar-refractivity contribution in [3.05, 3.63) is 17.5 Å². The molecular weight excluding hydrogens is 276 g/mol. The fourth-order valence-electron chi connectivity index (χ4n) is 2.60. The molecule has 0 unspecified atom stereocenters. The Bertz CT molecular complexity index is 507. The van der Waals surface area contributed by atoms with Crippen LogP contribution in [0.25, 0.3) is 0 Å². The van der Waals surface area contributed by atoms with E-state index in [1.807, 2.05) is 11.8 Å². The van der Waals surface area contributed by atoms with Gasteiger partial charge in [0.1, 0.15) is 5.69 Å². The first-order chi connectivity index (χ1) is 10.5. The van der Waals surface area contributed by atoms with Gasteiger partial charge in [-0.15, -0.1) is 0 Å². The molecule has 1 amide bonds. The lowest BCUT2D eigenvalue weighted by molar-refractivity contribution is 0.0691. The van der Waals surface area contributed by atoms with Gasteiger partial charge in [0.25, 0.3) is 5.91 Å². The van der Waals surface area contributed by atoms with Gasteiger partial charge in [0, 0.05) is 25.3 Å². The Morgan fingerprint density at radius 2 is 2.05 bits per heavy atom. The van der Waals surface area contributed by atoms with Crippen LogP contribution in [-0.4, -0.2) is 40.4 Å². The van der Waals surface area contributed by atoms with Crippen molar-refractivity contribution in [3.63, 3.8) is 0 Å². The molecule has 1 aromatic rings. The molecule has 2 heterocycles. The highest BCUT2D eigenvalue weighted by Gasteiger charge is 2.23. The van der Waals surface area contributed by atoms with Gasteiger partial charge in [0.2, 0.25) is 5.95 Å². The number of likely N-dealkylation sites (tertiary alicyclic amines) is 1. The fourth-order valence-corrected chi connectivity index (χ4v) is 2.60. The highest BCUT2D eigenvalue weighted by molar-refractivity contribution is 5.92. The normalized spacial score (nSPS) is 16.1. The van der Waals surface area contributed by atoms with E-state index >= 15 is 0 Å². The highest BCUT2D eigenvalue weighted by atomic mass is 16.2. The molecule has 1 saturated heterocycles. The summed E-state index contributed by atoms with van der Waals surface area (Å²) in [5.74, 6) is 1.94. The van der Waals surface area contributed by atoms with E-state index in [-0.39, 0.29) is 5.91 Å². The molecule has 22 heavy (non-hydrogen) atoms. The summed E-state index contributed by atoms with van der Waals surface area (Å²) < 4.78 is 0. The first-order valence-electron chi connectivity index (χ1n) is 8.34. The number of aryl methyl sites for hydroxylation is 1. The van der Waals surface area contributed by atoms with E-state index in [0.29, 0.717) is 23.5 Å². The third-order valence-electron chi connectivity index (χ3n) is 4.15. The third kappa shape index (κ3) is 4.68. The second-order valence-electron chi connectivity index (χ2n) is 6.80. The van der Waals surface area contributed by atoms with Crippen molar-refractivity contribution in [2.24, 2.45) is 11.8 Å². The lowest BCUT2D eigenvalue weighted by Crippen LogP contribution is -2.38. The zero-order valence-electron chi connectivity index (χ0n) is 14.2. The van der Waals surface area contributed by atoms with E-state index < -0.39 is 0 Å². The average Bonchev–Trinajstić information content (AvgIpc) is 2.46. The van der Waals surface area contributed by atoms with Gasteiger partial charge in [-0.2, -0.15) is 0 Å². The predicted octanol–water partition coefficient (Wildman–Crippen LogP) is 3.12. The number of aromatic nitrogens is 2. The zero-order chi connectivity index (χ0) is 16.1. The van der Waals surface area contributed by atoms with Crippen molar-refractivity contribution in [2.45, 2.75) is 47.0 Å². The minimum Gasteiger partial charge on any atom is -0.354 e. The first-order valence-corrected chi connectivity index (χ1v) is 8.34. The maximum Gasteiger partial charge on any atom is 0.272 e. The van der Waals surface area contributed by atoms with Gasteiger partial charge in [-0.05, 0) is 44.1 Å². The van der Waals surface area contributed by atoms with E-state index in [1.165, 1.54) is 0 Å². The number of anilines is 1. The Morgan fingerprint density at radius 1 is 1.36 bits per heavy atom. The quantitative estimate of drug-likeness (QED) is 0.908. The summed E-state index contributed by atoms with van der Waals surface area (Å²) in [5.41, 5.74) is 1.34. The molecule has 1 fully saturated rings. The predicted molar refractivity (Wildman–Crippen MR) is 89.0 cm³/mol. The summed E-state index contributed by atoms with van der Waals surface area (Å²) in [6, 6.07) is 1.79. The number of hydrogen-bond acceptors (Lipinski definition) is 4. The number of hydrogen-bond donors (Lipinski definition) is 1. The Labute approximate surface area is 133 Å². The molecule has 1 aliphatic rings. The topological polar surface area (TPSA) is 58.1 Å². The Kier molecular flexibility index (Phi) is 5.75. The second kappa shape index (κ2) is 7.56. The van der Waals surface area contributed by atoms with Crippen LogP contribution in [0.15, 0.2) is 6.07 Å². The molecule has 122 valence electrons. The molecular formula is C17H28N4O. The van der Waals surface area contributed by atoms with E-state index in [9.17, 15) is 4.79 Å². The number of nitrogens with zero attached hydrogens (tertiary/aromatic N) is 3. The highest BCUT2D eigenvalue weighted by Crippen LogP contribution is 2.18. The van der Waals surface area contributed by atoms with Crippen molar-refractivity contribution in [1.29, 1.82) is 0 Å². The number of rotatable bonds is 5. The maximum absolute atomic E-state index is 12.6. The van der Waals surface area contributed by atoms with E-state index in [1.54, 1.807) is 6.07 Å². The van der Waals surface area contributed by atoms with Crippen LogP contribution < -0.4 is 5.32 Å². The van der Waals surface area contributed by atoms with Gasteiger partial charge >= 0.3 is 0 Å². The summed E-state index contributed by atoms with van der Waals surface area (Å²) in [7, 11) is 0. The van der Waals surface area contributed by atoms with Crippen LogP contribution in [-0.2, 0) is 0 Å². The van der Waals surface area contributed by atoms with Gasteiger partial charge in [0.15, 0.2) is 0 Å². The van der Waals surface area contributed by atoms with Crippen LogP contribution in [0.3, 0.4) is 0 Å². The number of carbonyl (C=O) groups excluding carboxylic acids is 1. The largest absolute Gasteiger partial charge is 0.354 e.